The Kier molecular flexibility index (Phi) is 5.38. The fourth-order valence-electron chi connectivity index (χ4n) is 4.34. The van der Waals surface area contributed by atoms with Crippen LogP contribution in [0.4, 0.5) is 4.79 Å². The zero-order valence-electron chi connectivity index (χ0n) is 16.6. The number of hydrogen-bond acceptors (Lipinski definition) is 4. The molecule has 0 saturated carbocycles. The Bertz CT molecular complexity index is 794. The van der Waals surface area contributed by atoms with E-state index in [4.69, 9.17) is 9.47 Å². The summed E-state index contributed by atoms with van der Waals surface area (Å²) in [6.45, 7) is 6.87. The van der Waals surface area contributed by atoms with Crippen LogP contribution in [0.25, 0.3) is 0 Å². The van der Waals surface area contributed by atoms with Crippen LogP contribution in [-0.4, -0.2) is 46.9 Å². The Hall–Kier alpha value is -2.37. The van der Waals surface area contributed by atoms with E-state index in [-0.39, 0.29) is 24.8 Å². The van der Waals surface area contributed by atoms with Gasteiger partial charge in [-0.1, -0.05) is 60.7 Å². The van der Waals surface area contributed by atoms with Crippen molar-refractivity contribution in [1.29, 1.82) is 0 Å². The number of hydrogen-bond donors (Lipinski definition) is 0. The number of ether oxygens (including phenoxy) is 2. The van der Waals surface area contributed by atoms with E-state index < -0.39 is 5.72 Å². The maximum absolute atomic E-state index is 12.9. The molecule has 1 amide bonds. The Labute approximate surface area is 166 Å². The SMILES string of the molecule is CC1(C)O[C@@H]2CN(Cc3ccccc3)CC[C@H]2N1C(=O)OCc1ccccc1. The van der Waals surface area contributed by atoms with E-state index in [1.54, 1.807) is 4.90 Å². The summed E-state index contributed by atoms with van der Waals surface area (Å²) in [4.78, 5) is 17.1. The van der Waals surface area contributed by atoms with Crippen molar-refractivity contribution in [2.75, 3.05) is 13.1 Å². The fourth-order valence-corrected chi connectivity index (χ4v) is 4.34. The number of rotatable bonds is 4. The normalized spacial score (nSPS) is 24.0. The van der Waals surface area contributed by atoms with Crippen molar-refractivity contribution in [3.8, 4) is 0 Å². The van der Waals surface area contributed by atoms with Crippen molar-refractivity contribution in [2.24, 2.45) is 0 Å². The minimum absolute atomic E-state index is 0.0109. The zero-order chi connectivity index (χ0) is 19.6. The molecule has 2 aromatic rings. The molecule has 4 rings (SSSR count). The first-order chi connectivity index (χ1) is 13.5. The van der Waals surface area contributed by atoms with Crippen molar-refractivity contribution in [1.82, 2.24) is 9.80 Å². The first-order valence-electron chi connectivity index (χ1n) is 9.97. The van der Waals surface area contributed by atoms with Crippen LogP contribution in [0.2, 0.25) is 0 Å². The van der Waals surface area contributed by atoms with E-state index in [1.165, 1.54) is 5.56 Å². The number of carbonyl (C=O) groups is 1. The summed E-state index contributed by atoms with van der Waals surface area (Å²) in [5, 5.41) is 0. The molecule has 0 aliphatic carbocycles. The topological polar surface area (TPSA) is 42.0 Å². The van der Waals surface area contributed by atoms with Gasteiger partial charge in [0.05, 0.1) is 12.1 Å². The quantitative estimate of drug-likeness (QED) is 0.803. The summed E-state index contributed by atoms with van der Waals surface area (Å²) in [6, 6.07) is 20.3. The molecule has 2 atom stereocenters. The van der Waals surface area contributed by atoms with Gasteiger partial charge in [-0.05, 0) is 31.4 Å². The van der Waals surface area contributed by atoms with Crippen LogP contribution >= 0.6 is 0 Å². The van der Waals surface area contributed by atoms with Gasteiger partial charge in [0.2, 0.25) is 0 Å². The fraction of sp³-hybridized carbons (Fsp3) is 0.435. The van der Waals surface area contributed by atoms with Gasteiger partial charge < -0.3 is 9.47 Å². The van der Waals surface area contributed by atoms with Gasteiger partial charge in [-0.2, -0.15) is 0 Å². The zero-order valence-corrected chi connectivity index (χ0v) is 16.6. The van der Waals surface area contributed by atoms with Gasteiger partial charge in [0.25, 0.3) is 0 Å². The lowest BCUT2D eigenvalue weighted by atomic mass is 10.0. The largest absolute Gasteiger partial charge is 0.444 e. The average Bonchev–Trinajstić information content (AvgIpc) is 2.97. The highest BCUT2D eigenvalue weighted by Crippen LogP contribution is 2.37. The van der Waals surface area contributed by atoms with E-state index in [0.717, 1.165) is 31.6 Å². The predicted molar refractivity (Wildman–Crippen MR) is 108 cm³/mol. The lowest BCUT2D eigenvalue weighted by molar-refractivity contribution is -0.0758. The number of nitrogens with zero attached hydrogens (tertiary/aromatic N) is 2. The van der Waals surface area contributed by atoms with Crippen LogP contribution in [-0.2, 0) is 22.6 Å². The number of piperidine rings is 1. The third-order valence-corrected chi connectivity index (χ3v) is 5.61. The molecule has 0 N–H and O–H groups in total. The van der Waals surface area contributed by atoms with E-state index in [1.807, 2.05) is 50.2 Å². The molecule has 0 aromatic heterocycles. The lowest BCUT2D eigenvalue weighted by Gasteiger charge is -2.37. The van der Waals surface area contributed by atoms with Crippen LogP contribution in [0.3, 0.4) is 0 Å². The molecule has 148 valence electrons. The molecule has 2 aliphatic heterocycles. The maximum Gasteiger partial charge on any atom is 0.412 e. The molecule has 0 spiro atoms. The van der Waals surface area contributed by atoms with Gasteiger partial charge in [-0.25, -0.2) is 4.79 Å². The van der Waals surface area contributed by atoms with Crippen LogP contribution in [0.15, 0.2) is 60.7 Å². The van der Waals surface area contributed by atoms with Crippen molar-refractivity contribution >= 4 is 6.09 Å². The number of carbonyl (C=O) groups excluding carboxylic acids is 1. The van der Waals surface area contributed by atoms with Crippen LogP contribution in [0, 0.1) is 0 Å². The summed E-state index contributed by atoms with van der Waals surface area (Å²) in [7, 11) is 0. The molecular weight excluding hydrogens is 352 g/mol. The first-order valence-corrected chi connectivity index (χ1v) is 9.97. The van der Waals surface area contributed by atoms with Gasteiger partial charge in [0.1, 0.15) is 12.3 Å². The summed E-state index contributed by atoms with van der Waals surface area (Å²) in [5.41, 5.74) is 1.63. The van der Waals surface area contributed by atoms with E-state index >= 15 is 0 Å². The molecule has 2 fully saturated rings. The highest BCUT2D eigenvalue weighted by molar-refractivity contribution is 5.69. The molecule has 28 heavy (non-hydrogen) atoms. The summed E-state index contributed by atoms with van der Waals surface area (Å²) < 4.78 is 11.9. The van der Waals surface area contributed by atoms with Gasteiger partial charge in [-0.15, -0.1) is 0 Å². The van der Waals surface area contributed by atoms with Crippen molar-refractivity contribution in [2.45, 2.75) is 51.3 Å². The first kappa shape index (κ1) is 19.0. The number of fused-ring (bicyclic) bond motifs is 1. The third-order valence-electron chi connectivity index (χ3n) is 5.61. The Morgan fingerprint density at radius 2 is 1.71 bits per heavy atom. The molecule has 2 heterocycles. The highest BCUT2D eigenvalue weighted by atomic mass is 16.6. The number of likely N-dealkylation sites (tertiary alicyclic amines) is 1. The minimum Gasteiger partial charge on any atom is -0.444 e. The molecule has 0 radical (unpaired) electrons. The summed E-state index contributed by atoms with van der Waals surface area (Å²) in [6.07, 6.45) is 0.607. The minimum atomic E-state index is -0.661. The van der Waals surface area contributed by atoms with Gasteiger partial charge in [0, 0.05) is 19.6 Å². The van der Waals surface area contributed by atoms with E-state index in [0.29, 0.717) is 0 Å². The maximum atomic E-state index is 12.9. The Balaban J connectivity index is 1.39. The second-order valence-electron chi connectivity index (χ2n) is 8.09. The average molecular weight is 380 g/mol. The van der Waals surface area contributed by atoms with Crippen molar-refractivity contribution in [3.63, 3.8) is 0 Å². The van der Waals surface area contributed by atoms with Crippen molar-refractivity contribution < 1.29 is 14.3 Å². The number of benzene rings is 2. The molecule has 2 aliphatic rings. The highest BCUT2D eigenvalue weighted by Gasteiger charge is 2.52. The van der Waals surface area contributed by atoms with Crippen LogP contribution in [0.1, 0.15) is 31.4 Å². The smallest absolute Gasteiger partial charge is 0.412 e. The Morgan fingerprint density at radius 1 is 1.07 bits per heavy atom. The standard InChI is InChI=1S/C23H28N2O3/c1-23(2)25(22(26)27-17-19-11-7-4-8-12-19)20-13-14-24(16-21(20)28-23)15-18-9-5-3-6-10-18/h3-12,20-21H,13-17H2,1-2H3/t20-,21-/m1/s1. The van der Waals surface area contributed by atoms with Gasteiger partial charge in [-0.3, -0.25) is 9.80 Å². The Morgan fingerprint density at radius 3 is 2.39 bits per heavy atom. The predicted octanol–water partition coefficient (Wildman–Crippen LogP) is 4.03. The second kappa shape index (κ2) is 7.94. The van der Waals surface area contributed by atoms with Gasteiger partial charge in [0.15, 0.2) is 0 Å². The van der Waals surface area contributed by atoms with Crippen molar-refractivity contribution in [3.05, 3.63) is 71.8 Å². The van der Waals surface area contributed by atoms with Gasteiger partial charge >= 0.3 is 6.09 Å². The molecule has 2 aromatic carbocycles. The second-order valence-corrected chi connectivity index (χ2v) is 8.09. The van der Waals surface area contributed by atoms with Crippen LogP contribution < -0.4 is 0 Å². The molecule has 2 saturated heterocycles. The molecule has 5 heteroatoms. The summed E-state index contributed by atoms with van der Waals surface area (Å²) >= 11 is 0. The monoisotopic (exact) mass is 380 g/mol. The molecule has 0 unspecified atom stereocenters. The van der Waals surface area contributed by atoms with Crippen LogP contribution in [0.5, 0.6) is 0 Å². The number of amides is 1. The molecular formula is C23H28N2O3. The molecule has 0 bridgehead atoms. The van der Waals surface area contributed by atoms with E-state index in [9.17, 15) is 4.79 Å². The van der Waals surface area contributed by atoms with E-state index in [2.05, 4.69) is 29.2 Å². The summed E-state index contributed by atoms with van der Waals surface area (Å²) in [5.74, 6) is 0. The molecule has 5 nitrogen and oxygen atoms in total. The third kappa shape index (κ3) is 4.05. The lowest BCUT2D eigenvalue weighted by Crippen LogP contribution is -2.52.